The van der Waals surface area contributed by atoms with Crippen LogP contribution < -0.4 is 10.2 Å². The van der Waals surface area contributed by atoms with E-state index < -0.39 is 4.92 Å². The van der Waals surface area contributed by atoms with Crippen molar-refractivity contribution in [1.82, 2.24) is 10.2 Å². The van der Waals surface area contributed by atoms with Gasteiger partial charge in [0.1, 0.15) is 0 Å². The van der Waals surface area contributed by atoms with Crippen LogP contribution in [0.5, 0.6) is 0 Å². The van der Waals surface area contributed by atoms with E-state index in [0.29, 0.717) is 23.5 Å². The first-order valence-corrected chi connectivity index (χ1v) is 11.3. The number of ketones is 1. The zero-order chi connectivity index (χ0) is 24.2. The summed E-state index contributed by atoms with van der Waals surface area (Å²) in [7, 11) is 3.98. The predicted octanol–water partition coefficient (Wildman–Crippen LogP) is 5.25. The number of nitrogens with zero attached hydrogens (tertiary/aromatic N) is 3. The number of benzene rings is 2. The Bertz CT molecular complexity index is 1330. The van der Waals surface area contributed by atoms with E-state index in [-0.39, 0.29) is 22.8 Å². The second kappa shape index (κ2) is 7.83. The molecule has 0 spiro atoms. The lowest BCUT2D eigenvalue weighted by atomic mass is 9.69. The summed E-state index contributed by atoms with van der Waals surface area (Å²) in [6, 6.07) is 14.7. The van der Waals surface area contributed by atoms with Crippen molar-refractivity contribution < 1.29 is 9.72 Å². The molecule has 0 amide bonds. The number of nitrogens with one attached hydrogen (secondary N) is 2. The van der Waals surface area contributed by atoms with Gasteiger partial charge in [0.2, 0.25) is 0 Å². The lowest BCUT2D eigenvalue weighted by Gasteiger charge is -2.38. The van der Waals surface area contributed by atoms with Crippen LogP contribution in [0.25, 0.3) is 11.3 Å². The Balaban J connectivity index is 1.71. The van der Waals surface area contributed by atoms with Crippen molar-refractivity contribution in [2.75, 3.05) is 24.3 Å². The summed E-state index contributed by atoms with van der Waals surface area (Å²) in [5, 5.41) is 22.4. The van der Waals surface area contributed by atoms with Gasteiger partial charge in [-0.2, -0.15) is 5.10 Å². The predicted molar refractivity (Wildman–Crippen MR) is 132 cm³/mol. The number of nitro groups is 1. The molecule has 1 atom stereocenters. The SMILES string of the molecule is CN(C)c1ccc([C@@H]2C3=C(CC(C)(C)CC3=O)Nc3n[nH]c(-c4cccc([N+](=O)[O-])c4)c32)cc1. The Kier molecular flexibility index (Phi) is 5.04. The summed E-state index contributed by atoms with van der Waals surface area (Å²) in [4.78, 5) is 26.5. The molecule has 3 aromatic rings. The average Bonchev–Trinajstić information content (AvgIpc) is 3.20. The quantitative estimate of drug-likeness (QED) is 0.410. The van der Waals surface area contributed by atoms with Gasteiger partial charge in [0, 0.05) is 66.7 Å². The van der Waals surface area contributed by atoms with E-state index in [1.165, 1.54) is 12.1 Å². The molecule has 1 aliphatic carbocycles. The normalized spacial score (nSPS) is 18.7. The number of nitro benzene ring substituents is 1. The lowest BCUT2D eigenvalue weighted by Crippen LogP contribution is -2.33. The Hall–Kier alpha value is -3.94. The third-order valence-corrected chi connectivity index (χ3v) is 6.66. The Labute approximate surface area is 197 Å². The van der Waals surface area contributed by atoms with Gasteiger partial charge in [-0.25, -0.2) is 0 Å². The molecule has 8 nitrogen and oxygen atoms in total. The summed E-state index contributed by atoms with van der Waals surface area (Å²) >= 11 is 0. The van der Waals surface area contributed by atoms with Crippen LogP contribution in [-0.4, -0.2) is 35.0 Å². The molecular weight excluding hydrogens is 430 g/mol. The van der Waals surface area contributed by atoms with E-state index in [1.807, 2.05) is 37.2 Å². The highest BCUT2D eigenvalue weighted by molar-refractivity contribution is 6.02. The molecule has 8 heteroatoms. The monoisotopic (exact) mass is 457 g/mol. The van der Waals surface area contributed by atoms with E-state index in [2.05, 4.69) is 41.5 Å². The fourth-order valence-corrected chi connectivity index (χ4v) is 5.09. The first-order valence-electron chi connectivity index (χ1n) is 11.3. The van der Waals surface area contributed by atoms with Crippen LogP contribution in [0.15, 0.2) is 59.8 Å². The van der Waals surface area contributed by atoms with Crippen molar-refractivity contribution >= 4 is 23.0 Å². The molecule has 0 radical (unpaired) electrons. The molecule has 0 saturated heterocycles. The molecule has 0 unspecified atom stereocenters. The zero-order valence-corrected chi connectivity index (χ0v) is 19.7. The first kappa shape index (κ1) is 21.9. The molecule has 2 N–H and O–H groups in total. The van der Waals surface area contributed by atoms with Crippen LogP contribution in [-0.2, 0) is 4.79 Å². The molecule has 0 saturated carbocycles. The van der Waals surface area contributed by atoms with Crippen LogP contribution in [0.2, 0.25) is 0 Å². The zero-order valence-electron chi connectivity index (χ0n) is 19.7. The summed E-state index contributed by atoms with van der Waals surface area (Å²) in [6.45, 7) is 4.21. The maximum Gasteiger partial charge on any atom is 0.270 e. The van der Waals surface area contributed by atoms with Crippen LogP contribution in [0.1, 0.15) is 43.7 Å². The van der Waals surface area contributed by atoms with Crippen LogP contribution in [0.3, 0.4) is 0 Å². The summed E-state index contributed by atoms with van der Waals surface area (Å²) < 4.78 is 0. The minimum absolute atomic E-state index is 0.00639. The van der Waals surface area contributed by atoms with Gasteiger partial charge >= 0.3 is 0 Å². The fraction of sp³-hybridized carbons (Fsp3) is 0.308. The van der Waals surface area contributed by atoms with E-state index in [9.17, 15) is 14.9 Å². The highest BCUT2D eigenvalue weighted by atomic mass is 16.6. The van der Waals surface area contributed by atoms with Gasteiger partial charge < -0.3 is 10.2 Å². The molecule has 5 rings (SSSR count). The van der Waals surface area contributed by atoms with Gasteiger partial charge in [0.15, 0.2) is 11.6 Å². The Morgan fingerprint density at radius 2 is 1.85 bits per heavy atom. The summed E-state index contributed by atoms with van der Waals surface area (Å²) in [5.41, 5.74) is 5.77. The second-order valence-corrected chi connectivity index (χ2v) is 10.0. The minimum atomic E-state index is -0.407. The maximum atomic E-state index is 13.5. The number of H-pyrrole nitrogens is 1. The topological polar surface area (TPSA) is 104 Å². The number of carbonyl (C=O) groups excluding carboxylic acids is 1. The highest BCUT2D eigenvalue weighted by Crippen LogP contribution is 2.51. The van der Waals surface area contributed by atoms with Crippen molar-refractivity contribution in [1.29, 1.82) is 0 Å². The third-order valence-electron chi connectivity index (χ3n) is 6.66. The van der Waals surface area contributed by atoms with Crippen molar-refractivity contribution in [2.24, 2.45) is 5.41 Å². The summed E-state index contributed by atoms with van der Waals surface area (Å²) in [5.74, 6) is 0.462. The smallest absolute Gasteiger partial charge is 0.270 e. The molecule has 2 aromatic carbocycles. The molecule has 0 bridgehead atoms. The van der Waals surface area contributed by atoms with E-state index in [0.717, 1.165) is 34.5 Å². The van der Waals surface area contributed by atoms with E-state index in [4.69, 9.17) is 0 Å². The molecule has 1 aromatic heterocycles. The number of Topliss-reactive ketones (excluding diaryl/α,β-unsaturated/α-hetero) is 1. The third kappa shape index (κ3) is 3.65. The molecule has 34 heavy (non-hydrogen) atoms. The number of fused-ring (bicyclic) bond motifs is 1. The van der Waals surface area contributed by atoms with E-state index >= 15 is 0 Å². The molecule has 2 heterocycles. The number of hydrogen-bond donors (Lipinski definition) is 2. The largest absolute Gasteiger partial charge is 0.378 e. The van der Waals surface area contributed by atoms with Gasteiger partial charge in [0.25, 0.3) is 5.69 Å². The summed E-state index contributed by atoms with van der Waals surface area (Å²) in [6.07, 6.45) is 1.22. The van der Waals surface area contributed by atoms with Crippen molar-refractivity contribution in [3.05, 3.63) is 81.0 Å². The van der Waals surface area contributed by atoms with Crippen molar-refractivity contribution in [3.8, 4) is 11.3 Å². The van der Waals surface area contributed by atoms with Crippen molar-refractivity contribution in [3.63, 3.8) is 0 Å². The average molecular weight is 458 g/mol. The van der Waals surface area contributed by atoms with Crippen LogP contribution >= 0.6 is 0 Å². The van der Waals surface area contributed by atoms with Gasteiger partial charge in [-0.15, -0.1) is 0 Å². The lowest BCUT2D eigenvalue weighted by molar-refractivity contribution is -0.384. The molecule has 1 aliphatic heterocycles. The number of allylic oxidation sites excluding steroid dienone is 2. The number of aromatic nitrogens is 2. The van der Waals surface area contributed by atoms with Crippen LogP contribution in [0.4, 0.5) is 17.2 Å². The standard InChI is InChI=1S/C26H27N5O3/c1-26(2)13-19-22(20(32)14-26)21(15-8-10-17(11-9-15)30(3)4)23-24(28-29-25(23)27-19)16-6-5-7-18(12-16)31(33)34/h5-12,21H,13-14H2,1-4H3,(H2,27,28,29)/t21-/m1/s1. The van der Waals surface area contributed by atoms with Gasteiger partial charge in [0.05, 0.1) is 10.6 Å². The molecule has 174 valence electrons. The number of rotatable bonds is 4. The van der Waals surface area contributed by atoms with Crippen LogP contribution in [0, 0.1) is 15.5 Å². The fourth-order valence-electron chi connectivity index (χ4n) is 5.09. The number of carbonyl (C=O) groups is 1. The number of non-ortho nitro benzene ring substituents is 1. The van der Waals surface area contributed by atoms with Gasteiger partial charge in [-0.1, -0.05) is 38.1 Å². The van der Waals surface area contributed by atoms with E-state index in [1.54, 1.807) is 6.07 Å². The maximum absolute atomic E-state index is 13.5. The second-order valence-electron chi connectivity index (χ2n) is 10.0. The van der Waals surface area contributed by atoms with Gasteiger partial charge in [-0.3, -0.25) is 20.0 Å². The number of hydrogen-bond acceptors (Lipinski definition) is 6. The Morgan fingerprint density at radius 1 is 1.12 bits per heavy atom. The molecular formula is C26H27N5O3. The minimum Gasteiger partial charge on any atom is -0.378 e. The number of anilines is 2. The number of aromatic amines is 1. The van der Waals surface area contributed by atoms with Crippen molar-refractivity contribution in [2.45, 2.75) is 32.6 Å². The first-order chi connectivity index (χ1) is 16.1. The molecule has 0 fully saturated rings. The highest BCUT2D eigenvalue weighted by Gasteiger charge is 2.42. The Morgan fingerprint density at radius 3 is 2.53 bits per heavy atom. The van der Waals surface area contributed by atoms with Gasteiger partial charge in [-0.05, 0) is 29.5 Å². The molecule has 2 aliphatic rings.